The van der Waals surface area contributed by atoms with Crippen molar-refractivity contribution in [3.05, 3.63) is 30.1 Å². The van der Waals surface area contributed by atoms with Gasteiger partial charge in [0.1, 0.15) is 6.04 Å². The van der Waals surface area contributed by atoms with E-state index in [-0.39, 0.29) is 11.5 Å². The molecule has 4 nitrogen and oxygen atoms in total. The summed E-state index contributed by atoms with van der Waals surface area (Å²) in [5, 5.41) is 12.4. The van der Waals surface area contributed by atoms with Gasteiger partial charge >= 0.3 is 0 Å². The SMILES string of the molecule is ClC1C=CC(c2cnn(C3CC3)c2)N=N1. The molecule has 2 unspecified atom stereocenters. The molecule has 0 aromatic carbocycles. The molecule has 5 heteroatoms. The zero-order valence-corrected chi connectivity index (χ0v) is 8.88. The highest BCUT2D eigenvalue weighted by atomic mass is 35.5. The van der Waals surface area contributed by atoms with E-state index in [2.05, 4.69) is 21.5 Å². The molecule has 0 bridgehead atoms. The molecule has 3 rings (SSSR count). The molecule has 1 saturated carbocycles. The lowest BCUT2D eigenvalue weighted by Gasteiger charge is -2.08. The molecular formula is C10H11ClN4. The van der Waals surface area contributed by atoms with Gasteiger partial charge in [0.05, 0.1) is 12.2 Å². The fourth-order valence-electron chi connectivity index (χ4n) is 1.63. The van der Waals surface area contributed by atoms with Crippen molar-refractivity contribution in [1.29, 1.82) is 0 Å². The normalized spacial score (nSPS) is 29.7. The summed E-state index contributed by atoms with van der Waals surface area (Å²) in [6, 6.07) is 0.608. The highest BCUT2D eigenvalue weighted by Crippen LogP contribution is 2.35. The Balaban J connectivity index is 1.80. The van der Waals surface area contributed by atoms with Crippen molar-refractivity contribution < 1.29 is 0 Å². The predicted octanol–water partition coefficient (Wildman–Crippen LogP) is 2.85. The number of hydrogen-bond acceptors (Lipinski definition) is 3. The third kappa shape index (κ3) is 1.81. The molecule has 1 aliphatic carbocycles. The van der Waals surface area contributed by atoms with E-state index in [0.29, 0.717) is 6.04 Å². The molecule has 0 saturated heterocycles. The molecule has 1 aliphatic heterocycles. The highest BCUT2D eigenvalue weighted by Gasteiger charge is 2.25. The van der Waals surface area contributed by atoms with Gasteiger partial charge in [-0.05, 0) is 18.9 Å². The second kappa shape index (κ2) is 3.45. The van der Waals surface area contributed by atoms with Gasteiger partial charge in [-0.3, -0.25) is 4.68 Å². The maximum absolute atomic E-state index is 5.77. The van der Waals surface area contributed by atoms with Crippen LogP contribution in [0.1, 0.15) is 30.5 Å². The molecule has 2 atom stereocenters. The van der Waals surface area contributed by atoms with Crippen LogP contribution in [-0.4, -0.2) is 15.3 Å². The van der Waals surface area contributed by atoms with E-state index in [1.165, 1.54) is 12.8 Å². The fraction of sp³-hybridized carbons (Fsp3) is 0.500. The summed E-state index contributed by atoms with van der Waals surface area (Å²) in [7, 11) is 0. The molecule has 1 aromatic heterocycles. The maximum atomic E-state index is 5.77. The number of nitrogens with zero attached hydrogens (tertiary/aromatic N) is 4. The van der Waals surface area contributed by atoms with Gasteiger partial charge in [0.2, 0.25) is 0 Å². The first kappa shape index (κ1) is 9.09. The van der Waals surface area contributed by atoms with Gasteiger partial charge < -0.3 is 0 Å². The Bertz CT molecular complexity index is 405. The van der Waals surface area contributed by atoms with E-state index in [0.717, 1.165) is 5.56 Å². The van der Waals surface area contributed by atoms with Crippen LogP contribution in [0.2, 0.25) is 0 Å². The van der Waals surface area contributed by atoms with Crippen molar-refractivity contribution in [3.63, 3.8) is 0 Å². The lowest BCUT2D eigenvalue weighted by molar-refractivity contribution is 0.640. The third-order valence-corrected chi connectivity index (χ3v) is 2.87. The zero-order valence-electron chi connectivity index (χ0n) is 8.12. The predicted molar refractivity (Wildman–Crippen MR) is 56.9 cm³/mol. The van der Waals surface area contributed by atoms with E-state index in [1.54, 1.807) is 0 Å². The number of alkyl halides is 1. The molecule has 0 radical (unpaired) electrons. The van der Waals surface area contributed by atoms with Gasteiger partial charge in [0, 0.05) is 11.8 Å². The van der Waals surface area contributed by atoms with Gasteiger partial charge in [-0.15, -0.1) is 0 Å². The lowest BCUT2D eigenvalue weighted by Crippen LogP contribution is -1.98. The number of hydrogen-bond donors (Lipinski definition) is 0. The molecule has 15 heavy (non-hydrogen) atoms. The van der Waals surface area contributed by atoms with Gasteiger partial charge in [-0.25, -0.2) is 0 Å². The van der Waals surface area contributed by atoms with Crippen LogP contribution in [0.15, 0.2) is 34.8 Å². The van der Waals surface area contributed by atoms with Gasteiger partial charge in [0.25, 0.3) is 0 Å². The topological polar surface area (TPSA) is 42.5 Å². The molecule has 1 fully saturated rings. The first-order chi connectivity index (χ1) is 7.33. The lowest BCUT2D eigenvalue weighted by atomic mass is 10.1. The Kier molecular flexibility index (Phi) is 2.09. The van der Waals surface area contributed by atoms with Crippen LogP contribution in [0.5, 0.6) is 0 Å². The quantitative estimate of drug-likeness (QED) is 0.431. The van der Waals surface area contributed by atoms with Gasteiger partial charge in [-0.1, -0.05) is 17.7 Å². The minimum atomic E-state index is -0.306. The molecule has 2 heterocycles. The number of aromatic nitrogens is 2. The van der Waals surface area contributed by atoms with Crippen LogP contribution in [0.4, 0.5) is 0 Å². The van der Waals surface area contributed by atoms with Crippen molar-refractivity contribution in [2.24, 2.45) is 10.2 Å². The summed E-state index contributed by atoms with van der Waals surface area (Å²) in [4.78, 5) is 0. The average molecular weight is 223 g/mol. The van der Waals surface area contributed by atoms with E-state index in [4.69, 9.17) is 11.6 Å². The standard InChI is InChI=1S/C10H11ClN4/c11-10-4-3-9(13-14-10)7-5-12-15(6-7)8-1-2-8/h3-6,8-10H,1-2H2. The van der Waals surface area contributed by atoms with Crippen LogP contribution in [0.25, 0.3) is 0 Å². The molecule has 2 aliphatic rings. The molecule has 0 amide bonds. The number of halogens is 1. The summed E-state index contributed by atoms with van der Waals surface area (Å²) >= 11 is 5.77. The maximum Gasteiger partial charge on any atom is 0.162 e. The van der Waals surface area contributed by atoms with Crippen LogP contribution in [0.3, 0.4) is 0 Å². The molecule has 0 N–H and O–H groups in total. The minimum Gasteiger partial charge on any atom is -0.269 e. The monoisotopic (exact) mass is 222 g/mol. The van der Waals surface area contributed by atoms with Crippen LogP contribution in [-0.2, 0) is 0 Å². The highest BCUT2D eigenvalue weighted by molar-refractivity contribution is 6.21. The summed E-state index contributed by atoms with van der Waals surface area (Å²) in [5.74, 6) is 0. The smallest absolute Gasteiger partial charge is 0.162 e. The summed E-state index contributed by atoms with van der Waals surface area (Å²) in [6.07, 6.45) is 10.2. The molecular weight excluding hydrogens is 212 g/mol. The Morgan fingerprint density at radius 3 is 2.80 bits per heavy atom. The third-order valence-electron chi connectivity index (χ3n) is 2.64. The Morgan fingerprint density at radius 1 is 1.27 bits per heavy atom. The summed E-state index contributed by atoms with van der Waals surface area (Å²) in [5.41, 5.74) is 0.783. The van der Waals surface area contributed by atoms with Crippen molar-refractivity contribution in [2.45, 2.75) is 30.4 Å². The molecule has 0 spiro atoms. The van der Waals surface area contributed by atoms with Crippen LogP contribution < -0.4 is 0 Å². The second-order valence-electron chi connectivity index (χ2n) is 3.92. The second-order valence-corrected chi connectivity index (χ2v) is 4.37. The van der Waals surface area contributed by atoms with Crippen molar-refractivity contribution >= 4 is 11.6 Å². The van der Waals surface area contributed by atoms with Crippen molar-refractivity contribution in [1.82, 2.24) is 9.78 Å². The minimum absolute atomic E-state index is 0.00694. The zero-order chi connectivity index (χ0) is 10.3. The van der Waals surface area contributed by atoms with E-state index in [9.17, 15) is 0 Å². The van der Waals surface area contributed by atoms with Gasteiger partial charge in [-0.2, -0.15) is 15.3 Å². The number of azo groups is 1. The first-order valence-corrected chi connectivity index (χ1v) is 5.53. The first-order valence-electron chi connectivity index (χ1n) is 5.09. The van der Waals surface area contributed by atoms with Crippen LogP contribution in [0, 0.1) is 0 Å². The Labute approximate surface area is 92.6 Å². The average Bonchev–Trinajstić information content (AvgIpc) is 2.99. The van der Waals surface area contributed by atoms with Crippen molar-refractivity contribution in [3.8, 4) is 0 Å². The summed E-state index contributed by atoms with van der Waals surface area (Å²) < 4.78 is 2.02. The number of rotatable bonds is 2. The van der Waals surface area contributed by atoms with Gasteiger partial charge in [0.15, 0.2) is 5.50 Å². The van der Waals surface area contributed by atoms with E-state index >= 15 is 0 Å². The molecule has 1 aromatic rings. The van der Waals surface area contributed by atoms with E-state index in [1.807, 2.05) is 23.0 Å². The van der Waals surface area contributed by atoms with Crippen LogP contribution >= 0.6 is 11.6 Å². The fourth-order valence-corrected chi connectivity index (χ4v) is 1.77. The van der Waals surface area contributed by atoms with Crippen molar-refractivity contribution in [2.75, 3.05) is 0 Å². The Morgan fingerprint density at radius 2 is 2.13 bits per heavy atom. The largest absolute Gasteiger partial charge is 0.269 e. The molecule has 78 valence electrons. The summed E-state index contributed by atoms with van der Waals surface area (Å²) in [6.45, 7) is 0. The van der Waals surface area contributed by atoms with E-state index < -0.39 is 0 Å². The Hall–Kier alpha value is -1.16.